The Bertz CT molecular complexity index is 817. The maximum atomic E-state index is 12.7. The quantitative estimate of drug-likeness (QED) is 0.777. The van der Waals surface area contributed by atoms with Crippen molar-refractivity contribution in [2.24, 2.45) is 11.3 Å². The van der Waals surface area contributed by atoms with Gasteiger partial charge in [0.1, 0.15) is 5.82 Å². The molecule has 4 rings (SSSR count). The van der Waals surface area contributed by atoms with E-state index >= 15 is 0 Å². The van der Waals surface area contributed by atoms with Gasteiger partial charge in [-0.15, -0.1) is 10.2 Å². The zero-order chi connectivity index (χ0) is 20.3. The van der Waals surface area contributed by atoms with E-state index < -0.39 is 0 Å². The Morgan fingerprint density at radius 3 is 2.59 bits per heavy atom. The molecule has 1 aromatic carbocycles. The third-order valence-electron chi connectivity index (χ3n) is 6.66. The molecule has 29 heavy (non-hydrogen) atoms. The zero-order valence-corrected chi connectivity index (χ0v) is 17.1. The van der Waals surface area contributed by atoms with Gasteiger partial charge in [-0.25, -0.2) is 0 Å². The van der Waals surface area contributed by atoms with Crippen LogP contribution in [-0.4, -0.2) is 47.8 Å². The van der Waals surface area contributed by atoms with E-state index in [0.717, 1.165) is 44.4 Å². The maximum absolute atomic E-state index is 12.7. The molecule has 154 valence electrons. The number of anilines is 1. The second kappa shape index (κ2) is 8.49. The van der Waals surface area contributed by atoms with Crippen molar-refractivity contribution in [3.63, 3.8) is 0 Å². The highest BCUT2D eigenvalue weighted by molar-refractivity contribution is 5.92. The number of carbonyl (C=O) groups is 1. The van der Waals surface area contributed by atoms with Gasteiger partial charge in [-0.1, -0.05) is 30.3 Å². The van der Waals surface area contributed by atoms with Crippen molar-refractivity contribution in [3.8, 4) is 0 Å². The van der Waals surface area contributed by atoms with Crippen LogP contribution in [0.3, 0.4) is 0 Å². The molecular weight excluding hydrogens is 364 g/mol. The lowest BCUT2D eigenvalue weighted by molar-refractivity contribution is 0.0131. The first-order valence-corrected chi connectivity index (χ1v) is 10.5. The number of piperidine rings is 1. The van der Waals surface area contributed by atoms with Crippen LogP contribution in [0.4, 0.5) is 5.82 Å². The van der Waals surface area contributed by atoms with E-state index in [1.807, 2.05) is 4.90 Å². The van der Waals surface area contributed by atoms with Gasteiger partial charge < -0.3 is 15.4 Å². The number of nitrogens with two attached hydrogens (primary N) is 1. The highest BCUT2D eigenvalue weighted by Gasteiger charge is 2.42. The maximum Gasteiger partial charge on any atom is 0.274 e. The highest BCUT2D eigenvalue weighted by Crippen LogP contribution is 2.52. The molecule has 1 aliphatic carbocycles. The van der Waals surface area contributed by atoms with Crippen molar-refractivity contribution in [2.75, 3.05) is 32.5 Å². The molecule has 6 heteroatoms. The van der Waals surface area contributed by atoms with Crippen LogP contribution in [0.5, 0.6) is 0 Å². The Morgan fingerprint density at radius 1 is 1.17 bits per heavy atom. The first-order chi connectivity index (χ1) is 14.1. The highest BCUT2D eigenvalue weighted by atomic mass is 16.5. The van der Waals surface area contributed by atoms with Gasteiger partial charge in [-0.2, -0.15) is 0 Å². The van der Waals surface area contributed by atoms with Gasteiger partial charge in [0, 0.05) is 20.2 Å². The number of carbonyl (C=O) groups excluding carboxylic acids is 1. The Kier molecular flexibility index (Phi) is 5.81. The number of amides is 1. The van der Waals surface area contributed by atoms with Crippen molar-refractivity contribution in [2.45, 2.75) is 38.0 Å². The lowest BCUT2D eigenvalue weighted by Crippen LogP contribution is -2.45. The Labute approximate surface area is 172 Å². The molecule has 2 atom stereocenters. The van der Waals surface area contributed by atoms with Gasteiger partial charge in [0.05, 0.1) is 6.61 Å². The van der Waals surface area contributed by atoms with Gasteiger partial charge >= 0.3 is 0 Å². The molecular formula is C23H30N4O2. The lowest BCUT2D eigenvalue weighted by Gasteiger charge is -2.41. The summed E-state index contributed by atoms with van der Waals surface area (Å²) in [5, 5.41) is 7.74. The summed E-state index contributed by atoms with van der Waals surface area (Å²) < 4.78 is 5.60. The first kappa shape index (κ1) is 19.8. The van der Waals surface area contributed by atoms with Crippen LogP contribution in [0, 0.1) is 11.3 Å². The van der Waals surface area contributed by atoms with E-state index in [1.165, 1.54) is 24.8 Å². The molecule has 1 saturated heterocycles. The van der Waals surface area contributed by atoms with Crippen LogP contribution in [0.2, 0.25) is 0 Å². The minimum absolute atomic E-state index is 0.0603. The van der Waals surface area contributed by atoms with E-state index in [-0.39, 0.29) is 11.3 Å². The summed E-state index contributed by atoms with van der Waals surface area (Å²) in [7, 11) is 1.78. The van der Waals surface area contributed by atoms with Crippen LogP contribution in [0.1, 0.15) is 54.1 Å². The average Bonchev–Trinajstić information content (AvgIpc) is 3.54. The Hall–Kier alpha value is -2.47. The van der Waals surface area contributed by atoms with Crippen LogP contribution >= 0.6 is 0 Å². The minimum Gasteiger partial charge on any atom is -0.384 e. The van der Waals surface area contributed by atoms with E-state index in [4.69, 9.17) is 10.5 Å². The summed E-state index contributed by atoms with van der Waals surface area (Å²) in [5.41, 5.74) is 7.58. The van der Waals surface area contributed by atoms with Crippen LogP contribution in [0.25, 0.3) is 0 Å². The molecule has 2 N–H and O–H groups in total. The number of hydrogen-bond donors (Lipinski definition) is 1. The molecule has 0 bridgehead atoms. The molecule has 0 radical (unpaired) electrons. The van der Waals surface area contributed by atoms with Crippen LogP contribution in [-0.2, 0) is 4.74 Å². The fourth-order valence-corrected chi connectivity index (χ4v) is 4.74. The molecule has 0 spiro atoms. The molecule has 2 aliphatic rings. The number of benzene rings is 1. The molecule has 1 unspecified atom stereocenters. The first-order valence-electron chi connectivity index (χ1n) is 10.5. The molecule has 1 saturated carbocycles. The molecule has 1 amide bonds. The summed E-state index contributed by atoms with van der Waals surface area (Å²) in [6, 6.07) is 14.1. The zero-order valence-electron chi connectivity index (χ0n) is 17.1. The van der Waals surface area contributed by atoms with Gasteiger partial charge in [0.25, 0.3) is 5.91 Å². The number of nitrogens with zero attached hydrogens (tertiary/aromatic N) is 3. The Balaban J connectivity index is 1.32. The fourth-order valence-electron chi connectivity index (χ4n) is 4.74. The van der Waals surface area contributed by atoms with Crippen molar-refractivity contribution < 1.29 is 9.53 Å². The Morgan fingerprint density at radius 2 is 1.93 bits per heavy atom. The number of rotatable bonds is 7. The molecule has 1 aromatic heterocycles. The fraction of sp³-hybridized carbons (Fsp3) is 0.522. The molecule has 2 heterocycles. The summed E-state index contributed by atoms with van der Waals surface area (Å²) in [6.07, 6.45) is 5.64. The number of hydrogen-bond acceptors (Lipinski definition) is 5. The van der Waals surface area contributed by atoms with Crippen LogP contribution in [0.15, 0.2) is 42.5 Å². The van der Waals surface area contributed by atoms with Crippen molar-refractivity contribution in [1.82, 2.24) is 15.1 Å². The normalized spacial score (nSPS) is 23.0. The summed E-state index contributed by atoms with van der Waals surface area (Å²) in [6.45, 7) is 2.24. The monoisotopic (exact) mass is 394 g/mol. The topological polar surface area (TPSA) is 81.3 Å². The van der Waals surface area contributed by atoms with E-state index in [9.17, 15) is 4.79 Å². The van der Waals surface area contributed by atoms with Gasteiger partial charge in [0.15, 0.2) is 5.69 Å². The van der Waals surface area contributed by atoms with E-state index in [0.29, 0.717) is 11.5 Å². The second-order valence-electron chi connectivity index (χ2n) is 8.62. The lowest BCUT2D eigenvalue weighted by atomic mass is 9.74. The summed E-state index contributed by atoms with van der Waals surface area (Å²) in [4.78, 5) is 14.6. The molecule has 6 nitrogen and oxygen atoms in total. The van der Waals surface area contributed by atoms with Crippen molar-refractivity contribution >= 4 is 11.7 Å². The van der Waals surface area contributed by atoms with Gasteiger partial charge in [0.2, 0.25) is 0 Å². The second-order valence-corrected chi connectivity index (χ2v) is 8.62. The third-order valence-corrected chi connectivity index (χ3v) is 6.66. The third kappa shape index (κ3) is 4.58. The summed E-state index contributed by atoms with van der Waals surface area (Å²) in [5.74, 6) is 1.78. The summed E-state index contributed by atoms with van der Waals surface area (Å²) >= 11 is 0. The van der Waals surface area contributed by atoms with Gasteiger partial charge in [-0.3, -0.25) is 4.79 Å². The molecule has 2 fully saturated rings. The molecule has 1 aliphatic heterocycles. The molecule has 2 aromatic rings. The largest absolute Gasteiger partial charge is 0.384 e. The van der Waals surface area contributed by atoms with Gasteiger partial charge in [-0.05, 0) is 67.1 Å². The minimum atomic E-state index is -0.0603. The smallest absolute Gasteiger partial charge is 0.274 e. The number of aromatic nitrogens is 2. The number of ether oxygens (including phenoxy) is 1. The number of likely N-dealkylation sites (tertiary alicyclic amines) is 1. The standard InChI is InChI=1S/C23H30N4O2/c1-29-16-23(10-9-18-15-19(18)17-5-3-2-4-6-17)11-13-27(14-12-23)22(28)20-7-8-21(24)26-25-20/h2-8,18-19H,9-16H2,1H3,(H2,24,26)/t18-,19?/m1/s1. The van der Waals surface area contributed by atoms with E-state index in [2.05, 4.69) is 40.5 Å². The SMILES string of the molecule is COCC1(CC[C@@H]2CC2c2ccccc2)CCN(C(=O)c2ccc(N)nn2)CC1. The average molecular weight is 395 g/mol. The predicted octanol–water partition coefficient (Wildman–Crippen LogP) is 3.51. The van der Waals surface area contributed by atoms with E-state index in [1.54, 1.807) is 19.2 Å². The predicted molar refractivity (Wildman–Crippen MR) is 112 cm³/mol. The number of nitrogen functional groups attached to an aromatic ring is 1. The van der Waals surface area contributed by atoms with Crippen molar-refractivity contribution in [3.05, 3.63) is 53.7 Å². The number of methoxy groups -OCH3 is 1. The van der Waals surface area contributed by atoms with Crippen LogP contribution < -0.4 is 5.73 Å². The van der Waals surface area contributed by atoms with Crippen molar-refractivity contribution in [1.29, 1.82) is 0 Å².